The van der Waals surface area contributed by atoms with Crippen molar-refractivity contribution in [2.45, 2.75) is 70.7 Å². The van der Waals surface area contributed by atoms with Crippen LogP contribution in [0.5, 0.6) is 11.5 Å². The molecule has 0 saturated heterocycles. The Balaban J connectivity index is 0.000000224. The monoisotopic (exact) mass is 662 g/mol. The molecule has 4 aromatic rings. The quantitative estimate of drug-likeness (QED) is 0.171. The summed E-state index contributed by atoms with van der Waals surface area (Å²) in [6.45, 7) is 9.18. The van der Waals surface area contributed by atoms with Gasteiger partial charge in [0, 0.05) is 34.3 Å². The van der Waals surface area contributed by atoms with Crippen LogP contribution in [0.1, 0.15) is 73.9 Å². The number of hydrogen-bond donors (Lipinski definition) is 2. The van der Waals surface area contributed by atoms with Crippen LogP contribution in [0.15, 0.2) is 97.1 Å². The second kappa shape index (κ2) is 18.1. The van der Waals surface area contributed by atoms with E-state index < -0.39 is 10.0 Å². The maximum atomic E-state index is 12.0. The predicted molar refractivity (Wildman–Crippen MR) is 196 cm³/mol. The SMILES string of the molecule is CCOc1ccc(C#Cc2ccc(CC(C)N)cc2)cc1.CCOc1ccc(C#Cc2ccc(CC(C)NS(=O)(=O)C3CC3)cc2)cc1. The predicted octanol–water partition coefficient (Wildman–Crippen LogP) is 6.87. The van der Waals surface area contributed by atoms with E-state index in [4.69, 9.17) is 15.2 Å². The maximum Gasteiger partial charge on any atom is 0.214 e. The highest BCUT2D eigenvalue weighted by molar-refractivity contribution is 7.90. The smallest absolute Gasteiger partial charge is 0.214 e. The van der Waals surface area contributed by atoms with Crippen molar-refractivity contribution in [3.63, 3.8) is 0 Å². The zero-order valence-corrected chi connectivity index (χ0v) is 29.1. The van der Waals surface area contributed by atoms with Gasteiger partial charge in [0.05, 0.1) is 18.5 Å². The van der Waals surface area contributed by atoms with Gasteiger partial charge in [-0.2, -0.15) is 0 Å². The molecule has 0 amide bonds. The van der Waals surface area contributed by atoms with Crippen LogP contribution in [0.25, 0.3) is 0 Å². The van der Waals surface area contributed by atoms with E-state index in [9.17, 15) is 8.42 Å². The lowest BCUT2D eigenvalue weighted by molar-refractivity contribution is 0.340. The molecule has 0 spiro atoms. The van der Waals surface area contributed by atoms with Gasteiger partial charge in [0.1, 0.15) is 11.5 Å². The molecule has 0 aliphatic heterocycles. The summed E-state index contributed by atoms with van der Waals surface area (Å²) < 4.78 is 37.6. The van der Waals surface area contributed by atoms with Crippen molar-refractivity contribution in [1.82, 2.24) is 4.72 Å². The zero-order chi connectivity index (χ0) is 34.4. The first-order valence-electron chi connectivity index (χ1n) is 16.6. The second-order valence-corrected chi connectivity index (χ2v) is 13.9. The molecule has 2 atom stereocenters. The summed E-state index contributed by atoms with van der Waals surface area (Å²) in [4.78, 5) is 0. The van der Waals surface area contributed by atoms with Gasteiger partial charge in [0.25, 0.3) is 0 Å². The van der Waals surface area contributed by atoms with Gasteiger partial charge >= 0.3 is 0 Å². The molecule has 2 unspecified atom stereocenters. The molecule has 0 aromatic heterocycles. The molecule has 7 heteroatoms. The third kappa shape index (κ3) is 12.6. The van der Waals surface area contributed by atoms with Gasteiger partial charge in [0.2, 0.25) is 10.0 Å². The zero-order valence-electron chi connectivity index (χ0n) is 28.3. The van der Waals surface area contributed by atoms with Crippen molar-refractivity contribution < 1.29 is 17.9 Å². The average molecular weight is 663 g/mol. The van der Waals surface area contributed by atoms with Crippen molar-refractivity contribution in [2.24, 2.45) is 5.73 Å². The standard InChI is InChI=1S/C22H25NO3S.C19H21NO/c1-3-26-21-12-10-19(11-13-21)5-4-18-6-8-20(9-7-18)16-17(2)23-27(24,25)22-14-15-22;1-3-21-19-12-10-17(11-13-19)5-4-16-6-8-18(9-7-16)14-15(2)20/h6-13,17,22-23H,3,14-16H2,1-2H3;6-13,15H,3,14,20H2,1-2H3. The van der Waals surface area contributed by atoms with E-state index in [2.05, 4.69) is 40.5 Å². The van der Waals surface area contributed by atoms with Gasteiger partial charge in [-0.3, -0.25) is 0 Å². The number of hydrogen-bond acceptors (Lipinski definition) is 5. The van der Waals surface area contributed by atoms with E-state index in [1.54, 1.807) is 0 Å². The Labute approximate surface area is 287 Å². The van der Waals surface area contributed by atoms with Crippen molar-refractivity contribution in [1.29, 1.82) is 0 Å². The number of rotatable bonds is 11. The summed E-state index contributed by atoms with van der Waals surface area (Å²) in [5, 5.41) is -0.180. The van der Waals surface area contributed by atoms with Crippen LogP contribution >= 0.6 is 0 Å². The molecule has 250 valence electrons. The molecule has 1 saturated carbocycles. The molecule has 48 heavy (non-hydrogen) atoms. The molecule has 4 aromatic carbocycles. The van der Waals surface area contributed by atoms with Gasteiger partial charge in [-0.05, 0) is 137 Å². The molecule has 0 bridgehead atoms. The number of benzene rings is 4. The Morgan fingerprint density at radius 2 is 1.00 bits per heavy atom. The Hall–Kier alpha value is -4.53. The average Bonchev–Trinajstić information content (AvgIpc) is 3.93. The van der Waals surface area contributed by atoms with Crippen LogP contribution in [0.2, 0.25) is 0 Å². The fourth-order valence-corrected chi connectivity index (χ4v) is 6.45. The largest absolute Gasteiger partial charge is 0.494 e. The van der Waals surface area contributed by atoms with Crippen LogP contribution in [-0.2, 0) is 22.9 Å². The van der Waals surface area contributed by atoms with E-state index in [0.29, 0.717) is 19.6 Å². The van der Waals surface area contributed by atoms with Crippen LogP contribution in [0.3, 0.4) is 0 Å². The van der Waals surface area contributed by atoms with E-state index in [1.165, 1.54) is 5.56 Å². The van der Waals surface area contributed by atoms with E-state index in [-0.39, 0.29) is 17.3 Å². The first-order chi connectivity index (χ1) is 23.1. The Morgan fingerprint density at radius 3 is 1.33 bits per heavy atom. The minimum atomic E-state index is -3.14. The molecule has 1 aliphatic rings. The van der Waals surface area contributed by atoms with Crippen LogP contribution in [0.4, 0.5) is 0 Å². The molecule has 0 heterocycles. The lowest BCUT2D eigenvalue weighted by Gasteiger charge is -2.14. The lowest BCUT2D eigenvalue weighted by Crippen LogP contribution is -2.36. The first kappa shape index (κ1) is 36.3. The normalized spacial score (nSPS) is 13.4. The summed E-state index contributed by atoms with van der Waals surface area (Å²) >= 11 is 0. The highest BCUT2D eigenvalue weighted by Crippen LogP contribution is 2.27. The molecule has 5 rings (SSSR count). The Kier molecular flexibility index (Phi) is 13.7. The number of nitrogens with two attached hydrogens (primary N) is 1. The van der Waals surface area contributed by atoms with Crippen molar-refractivity contribution in [3.8, 4) is 35.2 Å². The van der Waals surface area contributed by atoms with Crippen molar-refractivity contribution in [3.05, 3.63) is 130 Å². The van der Waals surface area contributed by atoms with Gasteiger partial charge in [-0.15, -0.1) is 0 Å². The first-order valence-corrected chi connectivity index (χ1v) is 18.1. The fraction of sp³-hybridized carbons (Fsp3) is 0.317. The Bertz CT molecular complexity index is 1810. The summed E-state index contributed by atoms with van der Waals surface area (Å²) in [7, 11) is -3.14. The fourth-order valence-electron chi connectivity index (χ4n) is 4.86. The highest BCUT2D eigenvalue weighted by atomic mass is 32.2. The van der Waals surface area contributed by atoms with Crippen molar-refractivity contribution >= 4 is 10.0 Å². The molecule has 0 radical (unpaired) electrons. The van der Waals surface area contributed by atoms with Gasteiger partial charge in [-0.25, -0.2) is 13.1 Å². The molecule has 1 aliphatic carbocycles. The van der Waals surface area contributed by atoms with Crippen LogP contribution in [-0.4, -0.2) is 39.0 Å². The summed E-state index contributed by atoms with van der Waals surface area (Å²) in [5.41, 5.74) is 12.0. The topological polar surface area (TPSA) is 90.7 Å². The summed E-state index contributed by atoms with van der Waals surface area (Å²) in [6.07, 6.45) is 3.12. The van der Waals surface area contributed by atoms with Crippen molar-refractivity contribution in [2.75, 3.05) is 13.2 Å². The second-order valence-electron chi connectivity index (χ2n) is 12.0. The van der Waals surface area contributed by atoms with E-state index >= 15 is 0 Å². The Morgan fingerprint density at radius 1 is 0.646 bits per heavy atom. The number of nitrogens with one attached hydrogen (secondary N) is 1. The maximum absolute atomic E-state index is 12.0. The summed E-state index contributed by atoms with van der Waals surface area (Å²) in [6, 6.07) is 31.8. The van der Waals surface area contributed by atoms with Crippen LogP contribution < -0.4 is 19.9 Å². The molecule has 6 nitrogen and oxygen atoms in total. The van der Waals surface area contributed by atoms with Gasteiger partial charge in [0.15, 0.2) is 0 Å². The van der Waals surface area contributed by atoms with Gasteiger partial charge < -0.3 is 15.2 Å². The molecular weight excluding hydrogens is 617 g/mol. The molecule has 1 fully saturated rings. The molecule has 3 N–H and O–H groups in total. The minimum absolute atomic E-state index is 0.114. The van der Waals surface area contributed by atoms with E-state index in [0.717, 1.165) is 58.6 Å². The van der Waals surface area contributed by atoms with Crippen LogP contribution in [0, 0.1) is 23.7 Å². The lowest BCUT2D eigenvalue weighted by atomic mass is 10.1. The number of sulfonamides is 1. The van der Waals surface area contributed by atoms with Gasteiger partial charge in [-0.1, -0.05) is 47.9 Å². The third-order valence-corrected chi connectivity index (χ3v) is 9.45. The van der Waals surface area contributed by atoms with E-state index in [1.807, 2.05) is 113 Å². The molecular formula is C41H46N2O4S. The summed E-state index contributed by atoms with van der Waals surface area (Å²) in [5.74, 6) is 14.4. The minimum Gasteiger partial charge on any atom is -0.494 e. The highest BCUT2D eigenvalue weighted by Gasteiger charge is 2.36. The third-order valence-electron chi connectivity index (χ3n) is 7.37. The number of ether oxygens (including phenoxy) is 2.